The number of halogens is 2. The van der Waals surface area contributed by atoms with Crippen LogP contribution in [0.15, 0.2) is 93.8 Å². The summed E-state index contributed by atoms with van der Waals surface area (Å²) in [7, 11) is -4.09. The van der Waals surface area contributed by atoms with E-state index in [0.29, 0.717) is 16.1 Å². The molecule has 33 heavy (non-hydrogen) atoms. The fourth-order valence-corrected chi connectivity index (χ4v) is 6.51. The van der Waals surface area contributed by atoms with E-state index in [4.69, 9.17) is 11.6 Å². The van der Waals surface area contributed by atoms with Gasteiger partial charge in [0.05, 0.1) is 22.6 Å². The maximum atomic E-state index is 14.1. The van der Waals surface area contributed by atoms with E-state index in [2.05, 4.69) is 15.9 Å². The number of hydrogen-bond acceptors (Lipinski definition) is 3. The number of benzene rings is 3. The highest BCUT2D eigenvalue weighted by Gasteiger charge is 2.44. The van der Waals surface area contributed by atoms with Gasteiger partial charge >= 0.3 is 5.97 Å². The van der Waals surface area contributed by atoms with Gasteiger partial charge in [0.1, 0.15) is 0 Å². The van der Waals surface area contributed by atoms with Gasteiger partial charge in [-0.25, -0.2) is 13.2 Å². The maximum absolute atomic E-state index is 14.1. The number of sulfonamides is 1. The minimum Gasteiger partial charge on any atom is -0.478 e. The Hall–Kier alpha value is -2.45. The van der Waals surface area contributed by atoms with Crippen molar-refractivity contribution in [3.63, 3.8) is 0 Å². The second-order valence-corrected chi connectivity index (χ2v) is 11.1. The molecule has 3 aromatic rings. The number of carbonyl (C=O) groups is 1. The lowest BCUT2D eigenvalue weighted by Gasteiger charge is -2.40. The average molecular weight is 547 g/mol. The zero-order chi connectivity index (χ0) is 23.8. The van der Waals surface area contributed by atoms with Gasteiger partial charge in [-0.05, 0) is 60.9 Å². The first-order valence-corrected chi connectivity index (χ1v) is 12.8. The molecule has 2 atom stereocenters. The zero-order valence-electron chi connectivity index (χ0n) is 17.7. The summed E-state index contributed by atoms with van der Waals surface area (Å²) in [6.07, 6.45) is 1.82. The molecule has 0 amide bonds. The summed E-state index contributed by atoms with van der Waals surface area (Å²) in [4.78, 5) is 12.4. The van der Waals surface area contributed by atoms with Crippen LogP contribution >= 0.6 is 27.5 Å². The Balaban J connectivity index is 1.98. The highest BCUT2D eigenvalue weighted by Crippen LogP contribution is 2.46. The van der Waals surface area contributed by atoms with Gasteiger partial charge in [-0.15, -0.1) is 0 Å². The predicted molar refractivity (Wildman–Crippen MR) is 132 cm³/mol. The molecule has 0 spiro atoms. The molecule has 0 radical (unpaired) electrons. The molecule has 0 aliphatic carbocycles. The van der Waals surface area contributed by atoms with E-state index in [9.17, 15) is 18.3 Å². The Morgan fingerprint density at radius 2 is 1.70 bits per heavy atom. The van der Waals surface area contributed by atoms with Crippen molar-refractivity contribution in [2.75, 3.05) is 0 Å². The Kier molecular flexibility index (Phi) is 6.77. The molecule has 0 saturated carbocycles. The van der Waals surface area contributed by atoms with E-state index >= 15 is 0 Å². The lowest BCUT2D eigenvalue weighted by atomic mass is 9.89. The first kappa shape index (κ1) is 23.7. The molecule has 1 N–H and O–H groups in total. The molecule has 3 aromatic carbocycles. The third kappa shape index (κ3) is 4.77. The van der Waals surface area contributed by atoms with E-state index < -0.39 is 28.1 Å². The van der Waals surface area contributed by atoms with Crippen LogP contribution in [0.3, 0.4) is 0 Å². The van der Waals surface area contributed by atoms with Crippen molar-refractivity contribution < 1.29 is 18.3 Å². The summed E-state index contributed by atoms with van der Waals surface area (Å²) in [5.74, 6) is -1.16. The number of carboxylic acid groups (broad SMARTS) is 1. The van der Waals surface area contributed by atoms with Gasteiger partial charge < -0.3 is 5.11 Å². The van der Waals surface area contributed by atoms with Crippen LogP contribution in [0.2, 0.25) is 5.02 Å². The number of rotatable bonds is 5. The van der Waals surface area contributed by atoms with Crippen molar-refractivity contribution in [1.82, 2.24) is 4.31 Å². The van der Waals surface area contributed by atoms with Crippen LogP contribution in [0, 0.1) is 6.92 Å². The molecule has 1 heterocycles. The summed E-state index contributed by atoms with van der Waals surface area (Å²) in [5, 5.41) is 10.5. The van der Waals surface area contributed by atoms with Crippen LogP contribution in [0.25, 0.3) is 0 Å². The molecule has 8 heteroatoms. The number of aliphatic carboxylic acids is 1. The number of hydrogen-bond donors (Lipinski definition) is 1. The van der Waals surface area contributed by atoms with Crippen LogP contribution in [0.4, 0.5) is 0 Å². The molecular weight excluding hydrogens is 526 g/mol. The van der Waals surface area contributed by atoms with Gasteiger partial charge in [0.15, 0.2) is 0 Å². The first-order valence-electron chi connectivity index (χ1n) is 10.2. The summed E-state index contributed by atoms with van der Waals surface area (Å²) in [6.45, 7) is 1.88. The quantitative estimate of drug-likeness (QED) is 0.408. The fraction of sp³-hybridized carbons (Fsp3) is 0.160. The molecular formula is C25H21BrClNO4S. The molecule has 0 aromatic heterocycles. The van der Waals surface area contributed by atoms with Crippen molar-refractivity contribution in [2.24, 2.45) is 0 Å². The van der Waals surface area contributed by atoms with Crippen LogP contribution in [0.5, 0.6) is 0 Å². The summed E-state index contributed by atoms with van der Waals surface area (Å²) in [5.41, 5.74) is 2.19. The molecule has 4 rings (SSSR count). The molecule has 0 saturated heterocycles. The van der Waals surface area contributed by atoms with Gasteiger partial charge in [-0.3, -0.25) is 0 Å². The molecule has 170 valence electrons. The van der Waals surface area contributed by atoms with Crippen LogP contribution in [-0.2, 0) is 14.8 Å². The van der Waals surface area contributed by atoms with E-state index in [1.54, 1.807) is 66.7 Å². The number of nitrogens with zero attached hydrogens (tertiary/aromatic N) is 1. The normalized spacial score (nSPS) is 19.2. The third-order valence-corrected chi connectivity index (χ3v) is 8.28. The SMILES string of the molecule is Cc1ccc(S(=O)(=O)N2C(c3cccc(Cl)c3)CC=C(C(=O)O)[C@@H]2c2cccc(Br)c2)cc1. The van der Waals surface area contributed by atoms with Crippen LogP contribution in [-0.4, -0.2) is 23.8 Å². The third-order valence-electron chi connectivity index (χ3n) is 5.66. The summed E-state index contributed by atoms with van der Waals surface area (Å²) >= 11 is 9.66. The Morgan fingerprint density at radius 3 is 2.33 bits per heavy atom. The standard InChI is InChI=1S/C25H21BrClNO4S/c1-16-8-10-21(11-9-16)33(31,32)28-23(17-4-3-7-20(27)15-17)13-12-22(25(29)30)24(28)18-5-2-6-19(26)14-18/h2-12,14-15,23-24H,13H2,1H3,(H,29,30)/t23?,24-/m0/s1. The van der Waals surface area contributed by atoms with Gasteiger partial charge in [0.25, 0.3) is 0 Å². The molecule has 5 nitrogen and oxygen atoms in total. The highest BCUT2D eigenvalue weighted by molar-refractivity contribution is 9.10. The second kappa shape index (κ2) is 9.43. The van der Waals surface area contributed by atoms with E-state index in [1.165, 1.54) is 4.31 Å². The van der Waals surface area contributed by atoms with Crippen molar-refractivity contribution in [3.8, 4) is 0 Å². The van der Waals surface area contributed by atoms with Crippen molar-refractivity contribution in [3.05, 3.63) is 111 Å². The lowest BCUT2D eigenvalue weighted by Crippen LogP contribution is -2.42. The summed E-state index contributed by atoms with van der Waals surface area (Å²) in [6, 6.07) is 19.0. The molecule has 0 fully saturated rings. The molecule has 0 bridgehead atoms. The largest absolute Gasteiger partial charge is 0.478 e. The van der Waals surface area contributed by atoms with Crippen molar-refractivity contribution in [1.29, 1.82) is 0 Å². The second-order valence-electron chi connectivity index (χ2n) is 7.88. The highest BCUT2D eigenvalue weighted by atomic mass is 79.9. The van der Waals surface area contributed by atoms with Crippen LogP contribution in [0.1, 0.15) is 35.2 Å². The van der Waals surface area contributed by atoms with Crippen molar-refractivity contribution in [2.45, 2.75) is 30.3 Å². The minimum absolute atomic E-state index is 0.0158. The Labute approximate surface area is 206 Å². The number of carboxylic acids is 1. The van der Waals surface area contributed by atoms with Gasteiger partial charge in [0.2, 0.25) is 10.0 Å². The lowest BCUT2D eigenvalue weighted by molar-refractivity contribution is -0.133. The van der Waals surface area contributed by atoms with Crippen molar-refractivity contribution >= 4 is 43.5 Å². The fourth-order valence-electron chi connectivity index (χ4n) is 4.11. The zero-order valence-corrected chi connectivity index (χ0v) is 20.8. The predicted octanol–water partition coefficient (Wildman–Crippen LogP) is 6.30. The maximum Gasteiger partial charge on any atom is 0.333 e. The van der Waals surface area contributed by atoms with Crippen LogP contribution < -0.4 is 0 Å². The van der Waals surface area contributed by atoms with E-state index in [0.717, 1.165) is 10.0 Å². The van der Waals surface area contributed by atoms with E-state index in [-0.39, 0.29) is 16.9 Å². The summed E-state index contributed by atoms with van der Waals surface area (Å²) < 4.78 is 30.2. The smallest absolute Gasteiger partial charge is 0.333 e. The van der Waals surface area contributed by atoms with Gasteiger partial charge in [-0.2, -0.15) is 4.31 Å². The molecule has 1 unspecified atom stereocenters. The Morgan fingerprint density at radius 1 is 1.03 bits per heavy atom. The monoisotopic (exact) mass is 545 g/mol. The van der Waals surface area contributed by atoms with E-state index in [1.807, 2.05) is 19.1 Å². The molecule has 1 aliphatic heterocycles. The first-order chi connectivity index (χ1) is 15.7. The van der Waals surface area contributed by atoms with Gasteiger partial charge in [0, 0.05) is 9.50 Å². The van der Waals surface area contributed by atoms with Gasteiger partial charge in [-0.1, -0.05) is 75.6 Å². The topological polar surface area (TPSA) is 74.7 Å². The average Bonchev–Trinajstić information content (AvgIpc) is 2.78. The number of aryl methyl sites for hydroxylation is 1. The molecule has 1 aliphatic rings. The minimum atomic E-state index is -4.09. The Bertz CT molecular complexity index is 1340.